The van der Waals surface area contributed by atoms with Crippen LogP contribution in [-0.4, -0.2) is 29.7 Å². The van der Waals surface area contributed by atoms with Crippen LogP contribution in [-0.2, 0) is 4.79 Å². The Morgan fingerprint density at radius 3 is 2.63 bits per heavy atom. The third-order valence-electron chi connectivity index (χ3n) is 3.59. The number of aryl methyl sites for hydroxylation is 1. The maximum Gasteiger partial charge on any atom is 0.238 e. The van der Waals surface area contributed by atoms with Crippen molar-refractivity contribution >= 4 is 11.6 Å². The fourth-order valence-electron chi connectivity index (χ4n) is 2.42. The molecule has 1 saturated carbocycles. The van der Waals surface area contributed by atoms with E-state index in [9.17, 15) is 9.90 Å². The minimum Gasteiger partial charge on any atom is -0.392 e. The average Bonchev–Trinajstić information content (AvgIpc) is 2.40. The van der Waals surface area contributed by atoms with Crippen LogP contribution < -0.4 is 10.6 Å². The molecule has 0 aromatic heterocycles. The summed E-state index contributed by atoms with van der Waals surface area (Å²) in [4.78, 5) is 11.8. The van der Waals surface area contributed by atoms with E-state index < -0.39 is 0 Å². The van der Waals surface area contributed by atoms with Gasteiger partial charge in [0.15, 0.2) is 0 Å². The Labute approximate surface area is 114 Å². The third kappa shape index (κ3) is 4.33. The van der Waals surface area contributed by atoms with E-state index in [1.54, 1.807) is 0 Å². The van der Waals surface area contributed by atoms with Crippen LogP contribution in [0.25, 0.3) is 0 Å². The van der Waals surface area contributed by atoms with Crippen LogP contribution in [0.1, 0.15) is 31.2 Å². The van der Waals surface area contributed by atoms with E-state index in [0.29, 0.717) is 0 Å². The van der Waals surface area contributed by atoms with Gasteiger partial charge in [0.25, 0.3) is 0 Å². The van der Waals surface area contributed by atoms with Gasteiger partial charge in [-0.2, -0.15) is 0 Å². The molecule has 1 aromatic rings. The molecule has 2 rings (SSSR count). The van der Waals surface area contributed by atoms with Gasteiger partial charge in [0.2, 0.25) is 5.91 Å². The average molecular weight is 262 g/mol. The number of aliphatic hydroxyl groups excluding tert-OH is 1. The van der Waals surface area contributed by atoms with Crippen molar-refractivity contribution in [1.82, 2.24) is 5.32 Å². The summed E-state index contributed by atoms with van der Waals surface area (Å²) >= 11 is 0. The van der Waals surface area contributed by atoms with Gasteiger partial charge in [0.1, 0.15) is 0 Å². The van der Waals surface area contributed by atoms with Gasteiger partial charge in [-0.15, -0.1) is 0 Å². The lowest BCUT2D eigenvalue weighted by molar-refractivity contribution is -0.115. The van der Waals surface area contributed by atoms with Gasteiger partial charge in [0, 0.05) is 11.7 Å². The first-order valence-corrected chi connectivity index (χ1v) is 6.93. The van der Waals surface area contributed by atoms with Crippen LogP contribution in [0.5, 0.6) is 0 Å². The van der Waals surface area contributed by atoms with Gasteiger partial charge in [-0.1, -0.05) is 30.5 Å². The molecule has 1 fully saturated rings. The lowest BCUT2D eigenvalue weighted by Gasteiger charge is -2.28. The molecule has 0 radical (unpaired) electrons. The molecule has 4 heteroatoms. The largest absolute Gasteiger partial charge is 0.392 e. The second kappa shape index (κ2) is 6.68. The number of carbonyl (C=O) groups is 1. The molecular weight excluding hydrogens is 240 g/mol. The zero-order valence-electron chi connectivity index (χ0n) is 11.4. The number of rotatable bonds is 4. The summed E-state index contributed by atoms with van der Waals surface area (Å²) in [6, 6.07) is 7.77. The first kappa shape index (κ1) is 14.0. The maximum atomic E-state index is 11.8. The predicted molar refractivity (Wildman–Crippen MR) is 76.1 cm³/mol. The second-order valence-electron chi connectivity index (χ2n) is 5.25. The minimum absolute atomic E-state index is 0.0533. The van der Waals surface area contributed by atoms with Crippen LogP contribution in [0.15, 0.2) is 24.3 Å². The van der Waals surface area contributed by atoms with Crippen LogP contribution in [0.3, 0.4) is 0 Å². The van der Waals surface area contributed by atoms with Crippen molar-refractivity contribution in [2.45, 2.75) is 44.8 Å². The summed E-state index contributed by atoms with van der Waals surface area (Å²) in [7, 11) is 0. The summed E-state index contributed by atoms with van der Waals surface area (Å²) < 4.78 is 0. The number of aliphatic hydroxyl groups is 1. The summed E-state index contributed by atoms with van der Waals surface area (Å²) in [5.74, 6) is -0.0679. The van der Waals surface area contributed by atoms with E-state index in [1.807, 2.05) is 31.2 Å². The molecule has 2 unspecified atom stereocenters. The first-order chi connectivity index (χ1) is 9.15. The van der Waals surface area contributed by atoms with Crippen LogP contribution in [0.4, 0.5) is 5.69 Å². The lowest BCUT2D eigenvalue weighted by Crippen LogP contribution is -2.45. The van der Waals surface area contributed by atoms with E-state index in [0.717, 1.165) is 31.4 Å². The summed E-state index contributed by atoms with van der Waals surface area (Å²) in [5.41, 5.74) is 1.98. The minimum atomic E-state index is -0.319. The molecule has 3 N–H and O–H groups in total. The van der Waals surface area contributed by atoms with Gasteiger partial charge < -0.3 is 15.7 Å². The molecule has 0 spiro atoms. The molecular formula is C15H22N2O2. The zero-order chi connectivity index (χ0) is 13.7. The van der Waals surface area contributed by atoms with Crippen molar-refractivity contribution in [2.75, 3.05) is 11.9 Å². The quantitative estimate of drug-likeness (QED) is 0.775. The molecule has 4 nitrogen and oxygen atoms in total. The normalized spacial score (nSPS) is 23.1. The Morgan fingerprint density at radius 1 is 1.26 bits per heavy atom. The summed E-state index contributed by atoms with van der Waals surface area (Å²) in [6.45, 7) is 2.26. The van der Waals surface area contributed by atoms with E-state index >= 15 is 0 Å². The van der Waals surface area contributed by atoms with E-state index in [4.69, 9.17) is 0 Å². The van der Waals surface area contributed by atoms with E-state index in [-0.39, 0.29) is 24.6 Å². The monoisotopic (exact) mass is 262 g/mol. The fraction of sp³-hybridized carbons (Fsp3) is 0.533. The number of carbonyl (C=O) groups excluding carboxylic acids is 1. The Kier molecular flexibility index (Phi) is 4.93. The summed E-state index contributed by atoms with van der Waals surface area (Å²) in [5, 5.41) is 15.8. The highest BCUT2D eigenvalue weighted by atomic mass is 16.3. The molecule has 1 amide bonds. The van der Waals surface area contributed by atoms with Crippen molar-refractivity contribution in [3.8, 4) is 0 Å². The van der Waals surface area contributed by atoms with Crippen LogP contribution in [0.2, 0.25) is 0 Å². The van der Waals surface area contributed by atoms with E-state index in [1.165, 1.54) is 5.56 Å². The van der Waals surface area contributed by atoms with Gasteiger partial charge in [0.05, 0.1) is 12.6 Å². The van der Waals surface area contributed by atoms with Crippen molar-refractivity contribution in [2.24, 2.45) is 0 Å². The molecule has 2 atom stereocenters. The standard InChI is InChI=1S/C15H22N2O2/c1-11-6-8-12(9-7-11)17-15(19)10-16-13-4-2-3-5-14(13)18/h6-9,13-14,16,18H,2-5,10H2,1H3,(H,17,19). The van der Waals surface area contributed by atoms with Crippen molar-refractivity contribution in [3.05, 3.63) is 29.8 Å². The molecule has 19 heavy (non-hydrogen) atoms. The third-order valence-corrected chi connectivity index (χ3v) is 3.59. The Bertz CT molecular complexity index is 417. The lowest BCUT2D eigenvalue weighted by atomic mass is 9.93. The highest BCUT2D eigenvalue weighted by Gasteiger charge is 2.22. The Hall–Kier alpha value is -1.39. The highest BCUT2D eigenvalue weighted by Crippen LogP contribution is 2.18. The molecule has 0 saturated heterocycles. The number of anilines is 1. The smallest absolute Gasteiger partial charge is 0.238 e. The van der Waals surface area contributed by atoms with Crippen molar-refractivity contribution in [1.29, 1.82) is 0 Å². The Morgan fingerprint density at radius 2 is 1.95 bits per heavy atom. The van der Waals surface area contributed by atoms with Gasteiger partial charge in [-0.25, -0.2) is 0 Å². The number of hydrogen-bond acceptors (Lipinski definition) is 3. The van der Waals surface area contributed by atoms with E-state index in [2.05, 4.69) is 10.6 Å². The topological polar surface area (TPSA) is 61.4 Å². The zero-order valence-corrected chi connectivity index (χ0v) is 11.4. The predicted octanol–water partition coefficient (Wildman–Crippen LogP) is 1.83. The maximum absolute atomic E-state index is 11.8. The van der Waals surface area contributed by atoms with Gasteiger partial charge >= 0.3 is 0 Å². The Balaban J connectivity index is 1.76. The number of nitrogens with one attached hydrogen (secondary N) is 2. The van der Waals surface area contributed by atoms with Gasteiger partial charge in [-0.3, -0.25) is 4.79 Å². The molecule has 104 valence electrons. The van der Waals surface area contributed by atoms with Crippen LogP contribution >= 0.6 is 0 Å². The van der Waals surface area contributed by atoms with Crippen molar-refractivity contribution in [3.63, 3.8) is 0 Å². The number of benzene rings is 1. The van der Waals surface area contributed by atoms with Crippen LogP contribution in [0, 0.1) is 6.92 Å². The fourth-order valence-corrected chi connectivity index (χ4v) is 2.42. The highest BCUT2D eigenvalue weighted by molar-refractivity contribution is 5.92. The molecule has 1 aliphatic rings. The first-order valence-electron chi connectivity index (χ1n) is 6.93. The number of hydrogen-bond donors (Lipinski definition) is 3. The second-order valence-corrected chi connectivity index (χ2v) is 5.25. The summed E-state index contributed by atoms with van der Waals surface area (Å²) in [6.07, 6.45) is 3.65. The van der Waals surface area contributed by atoms with Gasteiger partial charge in [-0.05, 0) is 31.9 Å². The molecule has 0 bridgehead atoms. The molecule has 1 aromatic carbocycles. The van der Waals surface area contributed by atoms with Crippen molar-refractivity contribution < 1.29 is 9.90 Å². The molecule has 1 aliphatic carbocycles. The molecule has 0 heterocycles. The number of amides is 1. The molecule has 0 aliphatic heterocycles. The SMILES string of the molecule is Cc1ccc(NC(=O)CNC2CCCCC2O)cc1.